The number of benzene rings is 2. The molecule has 0 spiro atoms. The van der Waals surface area contributed by atoms with Crippen molar-refractivity contribution in [3.05, 3.63) is 58.4 Å². The van der Waals surface area contributed by atoms with Crippen LogP contribution in [0.25, 0.3) is 0 Å². The predicted molar refractivity (Wildman–Crippen MR) is 100 cm³/mol. The second-order valence-corrected chi connectivity index (χ2v) is 6.90. The zero-order valence-electron chi connectivity index (χ0n) is 16.0. The average molecular weight is 398 g/mol. The van der Waals surface area contributed by atoms with Crippen molar-refractivity contribution in [3.63, 3.8) is 0 Å². The summed E-state index contributed by atoms with van der Waals surface area (Å²) in [4.78, 5) is 40.1. The molecule has 150 valence electrons. The van der Waals surface area contributed by atoms with Crippen LogP contribution in [0.3, 0.4) is 0 Å². The summed E-state index contributed by atoms with van der Waals surface area (Å²) >= 11 is 0. The summed E-state index contributed by atoms with van der Waals surface area (Å²) in [6.07, 6.45) is 0.609. The molecule has 3 amide bonds. The van der Waals surface area contributed by atoms with Crippen molar-refractivity contribution >= 4 is 17.7 Å². The quantitative estimate of drug-likeness (QED) is 0.737. The highest BCUT2D eigenvalue weighted by atomic mass is 19.1. The van der Waals surface area contributed by atoms with Gasteiger partial charge in [0.2, 0.25) is 5.91 Å². The SMILES string of the molecule is COc1cc2c(cc1OC)CN(C(=O)CN1C(=O)c3cccc(F)c3C1=O)CC2. The Kier molecular flexibility index (Phi) is 4.70. The number of ether oxygens (including phenoxy) is 2. The van der Waals surface area contributed by atoms with E-state index in [4.69, 9.17) is 9.47 Å². The van der Waals surface area contributed by atoms with Crippen molar-refractivity contribution in [2.24, 2.45) is 0 Å². The Bertz CT molecular complexity index is 1040. The summed E-state index contributed by atoms with van der Waals surface area (Å²) in [6, 6.07) is 7.60. The molecule has 0 atom stereocenters. The van der Waals surface area contributed by atoms with Gasteiger partial charge in [-0.1, -0.05) is 6.07 Å². The molecule has 8 heteroatoms. The number of imide groups is 1. The number of carbonyl (C=O) groups excluding carboxylic acids is 3. The Hall–Kier alpha value is -3.42. The van der Waals surface area contributed by atoms with Crippen molar-refractivity contribution in [1.29, 1.82) is 0 Å². The van der Waals surface area contributed by atoms with Gasteiger partial charge in [-0.15, -0.1) is 0 Å². The first-order valence-electron chi connectivity index (χ1n) is 9.10. The number of methoxy groups -OCH3 is 2. The molecule has 2 heterocycles. The van der Waals surface area contributed by atoms with E-state index in [-0.39, 0.29) is 17.0 Å². The Morgan fingerprint density at radius 2 is 1.76 bits per heavy atom. The van der Waals surface area contributed by atoms with Crippen LogP contribution in [0, 0.1) is 5.82 Å². The van der Waals surface area contributed by atoms with Crippen LogP contribution in [0.5, 0.6) is 11.5 Å². The van der Waals surface area contributed by atoms with Crippen LogP contribution in [0.2, 0.25) is 0 Å². The van der Waals surface area contributed by atoms with Crippen LogP contribution >= 0.6 is 0 Å². The molecule has 0 bridgehead atoms. The van der Waals surface area contributed by atoms with E-state index < -0.39 is 24.2 Å². The molecular weight excluding hydrogens is 379 g/mol. The number of fused-ring (bicyclic) bond motifs is 2. The van der Waals surface area contributed by atoms with E-state index in [1.165, 1.54) is 19.2 Å². The molecule has 0 unspecified atom stereocenters. The Morgan fingerprint density at radius 3 is 2.41 bits per heavy atom. The minimum absolute atomic E-state index is 0.0105. The lowest BCUT2D eigenvalue weighted by atomic mass is 9.98. The fourth-order valence-corrected chi connectivity index (χ4v) is 3.77. The number of hydrogen-bond acceptors (Lipinski definition) is 5. The Morgan fingerprint density at radius 1 is 1.07 bits per heavy atom. The van der Waals surface area contributed by atoms with Crippen molar-refractivity contribution in [2.75, 3.05) is 27.3 Å². The first-order chi connectivity index (χ1) is 13.9. The molecule has 2 aromatic carbocycles. The van der Waals surface area contributed by atoms with Gasteiger partial charge < -0.3 is 14.4 Å². The second-order valence-electron chi connectivity index (χ2n) is 6.90. The van der Waals surface area contributed by atoms with Gasteiger partial charge in [0, 0.05) is 13.1 Å². The highest BCUT2D eigenvalue weighted by Crippen LogP contribution is 2.33. The van der Waals surface area contributed by atoms with Gasteiger partial charge in [0.05, 0.1) is 25.3 Å². The van der Waals surface area contributed by atoms with Crippen LogP contribution in [0.15, 0.2) is 30.3 Å². The monoisotopic (exact) mass is 398 g/mol. The van der Waals surface area contributed by atoms with Crippen molar-refractivity contribution in [1.82, 2.24) is 9.80 Å². The van der Waals surface area contributed by atoms with Gasteiger partial charge in [0.1, 0.15) is 12.4 Å². The van der Waals surface area contributed by atoms with Crippen LogP contribution in [0.1, 0.15) is 31.8 Å². The smallest absolute Gasteiger partial charge is 0.265 e. The summed E-state index contributed by atoms with van der Waals surface area (Å²) in [5, 5.41) is 0. The topological polar surface area (TPSA) is 76.2 Å². The minimum atomic E-state index is -0.778. The molecule has 0 saturated carbocycles. The van der Waals surface area contributed by atoms with E-state index >= 15 is 0 Å². The normalized spacial score (nSPS) is 15.3. The predicted octanol–water partition coefficient (Wildman–Crippen LogP) is 2.02. The van der Waals surface area contributed by atoms with Gasteiger partial charge in [-0.05, 0) is 41.8 Å². The van der Waals surface area contributed by atoms with Gasteiger partial charge >= 0.3 is 0 Å². The summed E-state index contributed by atoms with van der Waals surface area (Å²) in [5.74, 6) is -1.37. The lowest BCUT2D eigenvalue weighted by Gasteiger charge is -2.30. The summed E-state index contributed by atoms with van der Waals surface area (Å²) in [6.45, 7) is 0.347. The van der Waals surface area contributed by atoms with Crippen molar-refractivity contribution in [2.45, 2.75) is 13.0 Å². The van der Waals surface area contributed by atoms with Crippen LogP contribution in [0.4, 0.5) is 4.39 Å². The van der Waals surface area contributed by atoms with E-state index in [0.29, 0.717) is 31.0 Å². The molecule has 2 aliphatic heterocycles. The third kappa shape index (κ3) is 3.10. The maximum absolute atomic E-state index is 14.0. The molecule has 0 aromatic heterocycles. The zero-order valence-corrected chi connectivity index (χ0v) is 16.0. The maximum atomic E-state index is 14.0. The zero-order chi connectivity index (χ0) is 20.7. The van der Waals surface area contributed by atoms with Gasteiger partial charge in [0.25, 0.3) is 11.8 Å². The van der Waals surface area contributed by atoms with Crippen LogP contribution in [-0.2, 0) is 17.8 Å². The van der Waals surface area contributed by atoms with E-state index in [1.807, 2.05) is 12.1 Å². The van der Waals surface area contributed by atoms with E-state index in [2.05, 4.69) is 0 Å². The second kappa shape index (κ2) is 7.20. The lowest BCUT2D eigenvalue weighted by molar-refractivity contribution is -0.132. The Balaban J connectivity index is 1.52. The number of nitrogens with zero attached hydrogens (tertiary/aromatic N) is 2. The van der Waals surface area contributed by atoms with Crippen LogP contribution < -0.4 is 9.47 Å². The third-order valence-corrected chi connectivity index (χ3v) is 5.31. The fourth-order valence-electron chi connectivity index (χ4n) is 3.77. The summed E-state index contributed by atoms with van der Waals surface area (Å²) in [7, 11) is 3.10. The average Bonchev–Trinajstić information content (AvgIpc) is 2.97. The number of amides is 3. The number of hydrogen-bond donors (Lipinski definition) is 0. The fraction of sp³-hybridized carbons (Fsp3) is 0.286. The number of rotatable bonds is 4. The first kappa shape index (κ1) is 18.9. The molecule has 4 rings (SSSR count). The number of carbonyl (C=O) groups is 3. The largest absolute Gasteiger partial charge is 0.493 e. The van der Waals surface area contributed by atoms with Gasteiger partial charge in [-0.3, -0.25) is 19.3 Å². The van der Waals surface area contributed by atoms with Gasteiger partial charge in [0.15, 0.2) is 11.5 Å². The molecular formula is C21H19FN2O5. The molecule has 0 saturated heterocycles. The lowest BCUT2D eigenvalue weighted by Crippen LogP contribution is -2.44. The van der Waals surface area contributed by atoms with E-state index in [0.717, 1.165) is 22.1 Å². The molecule has 2 aromatic rings. The van der Waals surface area contributed by atoms with Gasteiger partial charge in [-0.25, -0.2) is 4.39 Å². The third-order valence-electron chi connectivity index (χ3n) is 5.31. The van der Waals surface area contributed by atoms with Crippen LogP contribution in [-0.4, -0.2) is 54.8 Å². The highest BCUT2D eigenvalue weighted by molar-refractivity contribution is 6.22. The molecule has 0 fully saturated rings. The van der Waals surface area contributed by atoms with Gasteiger partial charge in [-0.2, -0.15) is 0 Å². The molecule has 2 aliphatic rings. The summed E-state index contributed by atoms with van der Waals surface area (Å²) in [5.41, 5.74) is 1.68. The van der Waals surface area contributed by atoms with E-state index in [1.54, 1.807) is 12.0 Å². The summed E-state index contributed by atoms with van der Waals surface area (Å²) < 4.78 is 24.6. The maximum Gasteiger partial charge on any atom is 0.265 e. The van der Waals surface area contributed by atoms with E-state index in [9.17, 15) is 18.8 Å². The highest BCUT2D eigenvalue weighted by Gasteiger charge is 2.39. The molecule has 29 heavy (non-hydrogen) atoms. The first-order valence-corrected chi connectivity index (χ1v) is 9.10. The minimum Gasteiger partial charge on any atom is -0.493 e. The molecule has 0 aliphatic carbocycles. The molecule has 0 radical (unpaired) electrons. The standard InChI is InChI=1S/C21H19FN2O5/c1-28-16-8-12-6-7-23(10-13(12)9-17(16)29-2)18(25)11-24-20(26)14-4-3-5-15(22)19(14)21(24)27/h3-5,8-9H,6-7,10-11H2,1-2H3. The van der Waals surface area contributed by atoms with Crippen molar-refractivity contribution < 1.29 is 28.2 Å². The molecule has 0 N–H and O–H groups in total. The molecule has 7 nitrogen and oxygen atoms in total. The number of halogens is 1. The van der Waals surface area contributed by atoms with Crippen molar-refractivity contribution in [3.8, 4) is 11.5 Å². The Labute approximate surface area is 166 Å².